The van der Waals surface area contributed by atoms with E-state index in [1.165, 1.54) is 0 Å². The highest BCUT2D eigenvalue weighted by atomic mass is 35.5. The molecule has 3 rings (SSSR count). The molecule has 2 amide bonds. The lowest BCUT2D eigenvalue weighted by Gasteiger charge is -2.31. The van der Waals surface area contributed by atoms with Crippen molar-refractivity contribution in [2.24, 2.45) is 0 Å². The molecule has 0 aliphatic heterocycles. The van der Waals surface area contributed by atoms with E-state index in [1.807, 2.05) is 32.0 Å². The molecule has 172 valence electrons. The van der Waals surface area contributed by atoms with Crippen LogP contribution in [0.4, 0.5) is 0 Å². The van der Waals surface area contributed by atoms with Crippen LogP contribution in [0.5, 0.6) is 5.75 Å². The quantitative estimate of drug-likeness (QED) is 0.516. The Hall–Kier alpha value is -2.24. The molecule has 0 radical (unpaired) electrons. The monoisotopic (exact) mass is 476 g/mol. The molecule has 1 fully saturated rings. The molecule has 1 atom stereocenters. The Kier molecular flexibility index (Phi) is 8.83. The molecule has 0 bridgehead atoms. The zero-order valence-corrected chi connectivity index (χ0v) is 20.1. The first-order valence-corrected chi connectivity index (χ1v) is 11.9. The van der Waals surface area contributed by atoms with Crippen LogP contribution >= 0.6 is 23.2 Å². The topological polar surface area (TPSA) is 58.6 Å². The fourth-order valence-electron chi connectivity index (χ4n) is 4.03. The summed E-state index contributed by atoms with van der Waals surface area (Å²) in [5.74, 6) is 0.162. The van der Waals surface area contributed by atoms with Crippen LogP contribution in [0.3, 0.4) is 0 Å². The first kappa shape index (κ1) is 24.4. The number of carbonyl (C=O) groups excluding carboxylic acids is 2. The van der Waals surface area contributed by atoms with Gasteiger partial charge in [-0.15, -0.1) is 0 Å². The average Bonchev–Trinajstić information content (AvgIpc) is 3.28. The van der Waals surface area contributed by atoms with Crippen molar-refractivity contribution in [2.75, 3.05) is 6.61 Å². The maximum atomic E-state index is 13.3. The van der Waals surface area contributed by atoms with E-state index in [0.717, 1.165) is 36.8 Å². The second-order valence-corrected chi connectivity index (χ2v) is 9.04. The number of carbonyl (C=O) groups is 2. The van der Waals surface area contributed by atoms with Crippen molar-refractivity contribution in [3.8, 4) is 5.75 Å². The lowest BCUT2D eigenvalue weighted by molar-refractivity contribution is -0.143. The fraction of sp³-hybridized carbons (Fsp3) is 0.440. The highest BCUT2D eigenvalue weighted by Crippen LogP contribution is 2.23. The number of benzene rings is 2. The van der Waals surface area contributed by atoms with Gasteiger partial charge in [-0.25, -0.2) is 0 Å². The first-order valence-electron chi connectivity index (χ1n) is 11.1. The summed E-state index contributed by atoms with van der Waals surface area (Å²) in [6.07, 6.45) is 4.71. The number of amides is 2. The predicted octanol–water partition coefficient (Wildman–Crippen LogP) is 5.55. The molecular formula is C25H30Cl2N2O3. The zero-order valence-electron chi connectivity index (χ0n) is 18.6. The van der Waals surface area contributed by atoms with Gasteiger partial charge in [0.1, 0.15) is 11.8 Å². The first-order chi connectivity index (χ1) is 15.4. The van der Waals surface area contributed by atoms with E-state index >= 15 is 0 Å². The van der Waals surface area contributed by atoms with E-state index in [4.69, 9.17) is 27.9 Å². The number of nitrogens with one attached hydrogen (secondary N) is 1. The minimum absolute atomic E-state index is 0.123. The van der Waals surface area contributed by atoms with Gasteiger partial charge in [0.2, 0.25) is 5.91 Å². The van der Waals surface area contributed by atoms with Gasteiger partial charge in [-0.1, -0.05) is 61.2 Å². The Balaban J connectivity index is 1.77. The SMILES string of the molecule is CCC(C(=O)NC1CCCC1)N(Cc1ccccc1Cl)C(=O)COc1ccc(Cl)c(C)c1. The zero-order chi connectivity index (χ0) is 23.1. The molecule has 0 saturated heterocycles. The van der Waals surface area contributed by atoms with Crippen molar-refractivity contribution in [3.63, 3.8) is 0 Å². The van der Waals surface area contributed by atoms with E-state index in [0.29, 0.717) is 22.2 Å². The minimum Gasteiger partial charge on any atom is -0.484 e. The smallest absolute Gasteiger partial charge is 0.261 e. The number of nitrogens with zero attached hydrogens (tertiary/aromatic N) is 1. The van der Waals surface area contributed by atoms with Gasteiger partial charge in [0, 0.05) is 22.6 Å². The Morgan fingerprint density at radius 3 is 2.50 bits per heavy atom. The Bertz CT molecular complexity index is 945. The summed E-state index contributed by atoms with van der Waals surface area (Å²) < 4.78 is 5.75. The largest absolute Gasteiger partial charge is 0.484 e. The number of aryl methyl sites for hydroxylation is 1. The second kappa shape index (κ2) is 11.6. The van der Waals surface area contributed by atoms with Gasteiger partial charge in [0.05, 0.1) is 0 Å². The van der Waals surface area contributed by atoms with Gasteiger partial charge in [0.25, 0.3) is 5.91 Å². The molecule has 1 aliphatic carbocycles. The molecule has 32 heavy (non-hydrogen) atoms. The molecular weight excluding hydrogens is 447 g/mol. The van der Waals surface area contributed by atoms with Crippen molar-refractivity contribution in [1.82, 2.24) is 10.2 Å². The number of ether oxygens (including phenoxy) is 1. The molecule has 1 aliphatic rings. The van der Waals surface area contributed by atoms with Crippen molar-refractivity contribution in [2.45, 2.75) is 64.6 Å². The summed E-state index contributed by atoms with van der Waals surface area (Å²) in [4.78, 5) is 28.0. The molecule has 0 aromatic heterocycles. The standard InChI is InChI=1S/C25H30Cl2N2O3/c1-3-23(25(31)28-19-9-5-6-10-19)29(15-18-8-4-7-11-22(18)27)24(30)16-32-20-12-13-21(26)17(2)14-20/h4,7-8,11-14,19,23H,3,5-6,9-10,15-16H2,1-2H3,(H,28,31). The minimum atomic E-state index is -0.602. The maximum Gasteiger partial charge on any atom is 0.261 e. The van der Waals surface area contributed by atoms with Crippen molar-refractivity contribution >= 4 is 35.0 Å². The van der Waals surface area contributed by atoms with Crippen LogP contribution in [0.1, 0.15) is 50.2 Å². The van der Waals surface area contributed by atoms with Crippen LogP contribution in [0.15, 0.2) is 42.5 Å². The molecule has 5 nitrogen and oxygen atoms in total. The van der Waals surface area contributed by atoms with E-state index < -0.39 is 6.04 Å². The number of hydrogen-bond donors (Lipinski definition) is 1. The number of rotatable bonds is 9. The Morgan fingerprint density at radius 1 is 1.12 bits per heavy atom. The predicted molar refractivity (Wildman–Crippen MR) is 128 cm³/mol. The van der Waals surface area contributed by atoms with Crippen LogP contribution in [-0.2, 0) is 16.1 Å². The third-order valence-corrected chi connectivity index (χ3v) is 6.67. The molecule has 2 aromatic carbocycles. The average molecular weight is 477 g/mol. The van der Waals surface area contributed by atoms with Crippen molar-refractivity contribution in [3.05, 3.63) is 63.6 Å². The summed E-state index contributed by atoms with van der Waals surface area (Å²) in [5.41, 5.74) is 1.66. The molecule has 1 saturated carbocycles. The van der Waals surface area contributed by atoms with Crippen molar-refractivity contribution in [1.29, 1.82) is 0 Å². The normalized spacial score (nSPS) is 14.8. The Labute approximate surface area is 200 Å². The van der Waals surface area contributed by atoms with E-state index in [9.17, 15) is 9.59 Å². The van der Waals surface area contributed by atoms with Crippen LogP contribution < -0.4 is 10.1 Å². The van der Waals surface area contributed by atoms with Crippen LogP contribution in [0.2, 0.25) is 10.0 Å². The number of hydrogen-bond acceptors (Lipinski definition) is 3. The van der Waals surface area contributed by atoms with Crippen LogP contribution in [-0.4, -0.2) is 35.4 Å². The summed E-state index contributed by atoms with van der Waals surface area (Å²) in [6.45, 7) is 3.84. The summed E-state index contributed by atoms with van der Waals surface area (Å²) in [7, 11) is 0. The highest BCUT2D eigenvalue weighted by molar-refractivity contribution is 6.31. The van der Waals surface area contributed by atoms with Gasteiger partial charge in [-0.2, -0.15) is 0 Å². The summed E-state index contributed by atoms with van der Waals surface area (Å²) in [5, 5.41) is 4.33. The number of halogens is 2. The van der Waals surface area contributed by atoms with E-state index in [2.05, 4.69) is 5.32 Å². The van der Waals surface area contributed by atoms with Crippen LogP contribution in [0.25, 0.3) is 0 Å². The summed E-state index contributed by atoms with van der Waals surface area (Å²) >= 11 is 12.4. The molecule has 1 unspecified atom stereocenters. The third-order valence-electron chi connectivity index (χ3n) is 5.88. The lowest BCUT2D eigenvalue weighted by atomic mass is 10.1. The molecule has 1 N–H and O–H groups in total. The lowest BCUT2D eigenvalue weighted by Crippen LogP contribution is -2.52. The van der Waals surface area contributed by atoms with E-state index in [-0.39, 0.29) is 31.0 Å². The third kappa shape index (κ3) is 6.39. The van der Waals surface area contributed by atoms with Gasteiger partial charge in [-0.3, -0.25) is 9.59 Å². The van der Waals surface area contributed by atoms with Gasteiger partial charge >= 0.3 is 0 Å². The van der Waals surface area contributed by atoms with Crippen LogP contribution in [0, 0.1) is 6.92 Å². The second-order valence-electron chi connectivity index (χ2n) is 8.23. The van der Waals surface area contributed by atoms with Gasteiger partial charge in [-0.05, 0) is 61.6 Å². The molecule has 0 spiro atoms. The maximum absolute atomic E-state index is 13.3. The Morgan fingerprint density at radius 2 is 1.84 bits per heavy atom. The van der Waals surface area contributed by atoms with Crippen molar-refractivity contribution < 1.29 is 14.3 Å². The molecule has 2 aromatic rings. The molecule has 0 heterocycles. The van der Waals surface area contributed by atoms with Gasteiger partial charge < -0.3 is 15.0 Å². The highest BCUT2D eigenvalue weighted by Gasteiger charge is 2.31. The van der Waals surface area contributed by atoms with E-state index in [1.54, 1.807) is 29.2 Å². The fourth-order valence-corrected chi connectivity index (χ4v) is 4.35. The molecule has 7 heteroatoms. The van der Waals surface area contributed by atoms with Gasteiger partial charge in [0.15, 0.2) is 6.61 Å². The summed E-state index contributed by atoms with van der Waals surface area (Å²) in [6, 6.07) is 12.2.